The van der Waals surface area contributed by atoms with Crippen LogP contribution in [0, 0.1) is 22.7 Å². The molecule has 1 N–H and O–H groups in total. The van der Waals surface area contributed by atoms with Crippen molar-refractivity contribution in [1.82, 2.24) is 4.90 Å². The Labute approximate surface area is 130 Å². The molecule has 0 radical (unpaired) electrons. The number of hydrogen-bond acceptors (Lipinski definition) is 6. The summed E-state index contributed by atoms with van der Waals surface area (Å²) < 4.78 is 34.1. The maximum absolute atomic E-state index is 10.6. The molecule has 1 heterocycles. The van der Waals surface area contributed by atoms with Crippen LogP contribution >= 0.6 is 0 Å². The van der Waals surface area contributed by atoms with Crippen molar-refractivity contribution in [3.63, 3.8) is 0 Å². The Hall–Kier alpha value is -2.13. The molecular formula is C14H17N3O4S. The van der Waals surface area contributed by atoms with Gasteiger partial charge in [0.15, 0.2) is 0 Å². The van der Waals surface area contributed by atoms with Gasteiger partial charge in [0.1, 0.15) is 17.7 Å². The van der Waals surface area contributed by atoms with E-state index in [4.69, 9.17) is 15.1 Å². The van der Waals surface area contributed by atoms with Crippen molar-refractivity contribution < 1.29 is 17.2 Å². The molecule has 8 heteroatoms. The fourth-order valence-electron chi connectivity index (χ4n) is 2.15. The van der Waals surface area contributed by atoms with Crippen LogP contribution in [0.4, 0.5) is 0 Å². The highest BCUT2D eigenvalue weighted by Gasteiger charge is 2.19. The van der Waals surface area contributed by atoms with Gasteiger partial charge in [-0.2, -0.15) is 18.9 Å². The summed E-state index contributed by atoms with van der Waals surface area (Å²) in [6.07, 6.45) is 4.73. The van der Waals surface area contributed by atoms with Crippen LogP contribution in [0.5, 0.6) is 0 Å². The largest absolute Gasteiger partial charge is 0.397 e. The predicted octanol–water partition coefficient (Wildman–Crippen LogP) is 2.05. The monoisotopic (exact) mass is 323 g/mol. The van der Waals surface area contributed by atoms with E-state index in [2.05, 4.69) is 4.18 Å². The molecule has 1 aliphatic rings. The molecule has 0 aromatic carbocycles. The summed E-state index contributed by atoms with van der Waals surface area (Å²) >= 11 is 0. The predicted molar refractivity (Wildman–Crippen MR) is 79.2 cm³/mol. The van der Waals surface area contributed by atoms with Crippen molar-refractivity contribution in [1.29, 1.82) is 10.5 Å². The lowest BCUT2D eigenvalue weighted by atomic mass is 10.0. The zero-order valence-corrected chi connectivity index (χ0v) is 13.2. The molecule has 0 fully saturated rings. The minimum absolute atomic E-state index is 0.0331. The van der Waals surface area contributed by atoms with Crippen molar-refractivity contribution in [3.05, 3.63) is 34.7 Å². The van der Waals surface area contributed by atoms with Gasteiger partial charge in [-0.05, 0) is 25.0 Å². The summed E-state index contributed by atoms with van der Waals surface area (Å²) in [6.45, 7) is 3.87. The number of rotatable bonds is 6. The molecular weight excluding hydrogens is 306 g/mol. The van der Waals surface area contributed by atoms with Crippen LogP contribution in [-0.2, 0) is 14.6 Å². The van der Waals surface area contributed by atoms with E-state index < -0.39 is 10.4 Å². The Balaban J connectivity index is 3.08. The van der Waals surface area contributed by atoms with E-state index in [9.17, 15) is 8.42 Å². The minimum atomic E-state index is -4.47. The number of hydrogen-bond donors (Lipinski definition) is 1. The van der Waals surface area contributed by atoms with Crippen molar-refractivity contribution in [2.45, 2.75) is 26.7 Å². The zero-order valence-electron chi connectivity index (χ0n) is 12.4. The lowest BCUT2D eigenvalue weighted by Crippen LogP contribution is -2.29. The summed E-state index contributed by atoms with van der Waals surface area (Å²) in [6, 6.07) is 3.72. The molecule has 0 saturated heterocycles. The lowest BCUT2D eigenvalue weighted by molar-refractivity contribution is 0.236. The fraction of sp³-hybridized carbons (Fsp3) is 0.429. The molecule has 0 spiro atoms. The van der Waals surface area contributed by atoms with Crippen molar-refractivity contribution in [2.24, 2.45) is 0 Å². The van der Waals surface area contributed by atoms with Crippen LogP contribution in [0.1, 0.15) is 26.7 Å². The van der Waals surface area contributed by atoms with E-state index in [1.54, 1.807) is 12.2 Å². The quantitative estimate of drug-likeness (QED) is 0.587. The van der Waals surface area contributed by atoms with Gasteiger partial charge in [0.05, 0.1) is 6.61 Å². The molecule has 1 rings (SSSR count). The molecule has 0 aliphatic carbocycles. The molecule has 0 unspecified atom stereocenters. The Bertz CT molecular complexity index is 665. The summed E-state index contributed by atoms with van der Waals surface area (Å²) in [5, 5.41) is 18.0. The van der Waals surface area contributed by atoms with E-state index in [-0.39, 0.29) is 18.7 Å². The summed E-state index contributed by atoms with van der Waals surface area (Å²) in [4.78, 5) is 1.86. The minimum Gasteiger partial charge on any atom is -0.346 e. The lowest BCUT2D eigenvalue weighted by Gasteiger charge is -2.32. The van der Waals surface area contributed by atoms with Gasteiger partial charge in [-0.3, -0.25) is 4.55 Å². The van der Waals surface area contributed by atoms with Crippen molar-refractivity contribution in [2.75, 3.05) is 13.2 Å². The standard InChI is InChI=1S/C14H17N3O4S/c1-3-13-7-11(12(9-15)10-16)8-14(4-2)17(13)5-6-21-22(18,19)20/h7-8H,3-6H2,1-2H3,(H,18,19,20). The molecule has 7 nitrogen and oxygen atoms in total. The fourth-order valence-corrected chi connectivity index (χ4v) is 2.43. The van der Waals surface area contributed by atoms with E-state index in [0.717, 1.165) is 11.4 Å². The highest BCUT2D eigenvalue weighted by molar-refractivity contribution is 7.80. The van der Waals surface area contributed by atoms with Gasteiger partial charge < -0.3 is 4.90 Å². The third kappa shape index (κ3) is 4.71. The first kappa shape index (κ1) is 17.9. The first-order valence-electron chi connectivity index (χ1n) is 6.71. The van der Waals surface area contributed by atoms with Crippen LogP contribution in [0.2, 0.25) is 0 Å². The van der Waals surface area contributed by atoms with E-state index in [0.29, 0.717) is 18.4 Å². The number of nitrogens with zero attached hydrogens (tertiary/aromatic N) is 3. The molecule has 1 aliphatic heterocycles. The Morgan fingerprint density at radius 2 is 1.73 bits per heavy atom. The zero-order chi connectivity index (χ0) is 16.8. The van der Waals surface area contributed by atoms with E-state index in [1.165, 1.54) is 0 Å². The van der Waals surface area contributed by atoms with Gasteiger partial charge in [-0.15, -0.1) is 0 Å². The average molecular weight is 323 g/mol. The second kappa shape index (κ2) is 7.76. The molecule has 0 aromatic rings. The van der Waals surface area contributed by atoms with Crippen LogP contribution in [0.3, 0.4) is 0 Å². The van der Waals surface area contributed by atoms with Crippen molar-refractivity contribution >= 4 is 10.4 Å². The molecule has 0 bridgehead atoms. The van der Waals surface area contributed by atoms with Gasteiger partial charge in [0, 0.05) is 23.5 Å². The third-order valence-corrected chi connectivity index (χ3v) is 3.59. The van der Waals surface area contributed by atoms with Crippen molar-refractivity contribution in [3.8, 4) is 12.1 Å². The molecule has 0 atom stereocenters. The van der Waals surface area contributed by atoms with Gasteiger partial charge in [-0.25, -0.2) is 4.18 Å². The summed E-state index contributed by atoms with van der Waals surface area (Å²) in [5.74, 6) is 0. The van der Waals surface area contributed by atoms with Gasteiger partial charge in [0.25, 0.3) is 0 Å². The molecule has 0 amide bonds. The SMILES string of the molecule is CCC1=CC(=C(C#N)C#N)C=C(CC)N1CCOS(=O)(=O)O. The first-order chi connectivity index (χ1) is 10.4. The van der Waals surface area contributed by atoms with Gasteiger partial charge in [0.2, 0.25) is 0 Å². The maximum Gasteiger partial charge on any atom is 0.397 e. The summed E-state index contributed by atoms with van der Waals surface area (Å²) in [5.41, 5.74) is 2.27. The summed E-state index contributed by atoms with van der Waals surface area (Å²) in [7, 11) is -4.47. The number of allylic oxidation sites excluding steroid dienone is 6. The topological polar surface area (TPSA) is 114 Å². The maximum atomic E-state index is 10.6. The Kier molecular flexibility index (Phi) is 6.32. The molecule has 0 aromatic heterocycles. The normalized spacial score (nSPS) is 14.8. The Morgan fingerprint density at radius 3 is 2.09 bits per heavy atom. The van der Waals surface area contributed by atoms with Crippen LogP contribution in [0.15, 0.2) is 34.7 Å². The molecule has 22 heavy (non-hydrogen) atoms. The average Bonchev–Trinajstić information content (AvgIpc) is 2.47. The molecule has 0 saturated carbocycles. The van der Waals surface area contributed by atoms with E-state index in [1.807, 2.05) is 30.9 Å². The van der Waals surface area contributed by atoms with Crippen LogP contribution < -0.4 is 0 Å². The van der Waals surface area contributed by atoms with Gasteiger partial charge >= 0.3 is 10.4 Å². The third-order valence-electron chi connectivity index (χ3n) is 3.12. The van der Waals surface area contributed by atoms with E-state index >= 15 is 0 Å². The van der Waals surface area contributed by atoms with Crippen LogP contribution in [-0.4, -0.2) is 31.0 Å². The highest BCUT2D eigenvalue weighted by atomic mass is 32.3. The first-order valence-corrected chi connectivity index (χ1v) is 8.07. The second-order valence-electron chi connectivity index (χ2n) is 4.43. The van der Waals surface area contributed by atoms with Crippen LogP contribution in [0.25, 0.3) is 0 Å². The van der Waals surface area contributed by atoms with Gasteiger partial charge in [-0.1, -0.05) is 13.8 Å². The number of nitriles is 2. The second-order valence-corrected chi connectivity index (χ2v) is 5.52. The molecule has 118 valence electrons. The Morgan fingerprint density at radius 1 is 1.23 bits per heavy atom. The highest BCUT2D eigenvalue weighted by Crippen LogP contribution is 2.28. The smallest absolute Gasteiger partial charge is 0.346 e.